The highest BCUT2D eigenvalue weighted by Gasteiger charge is 2.41. The van der Waals surface area contributed by atoms with Crippen LogP contribution in [0.5, 0.6) is 5.75 Å². The standard InChI is InChI=1S/C22H28BN5O10/c1-3-27-7-8-28(20(32)19(27)31)22(35)26-16(11(2)37-10-15(24)29)18(30)25-14-9-12-5-4-6-13(21(33)34)17(12)38-23(14)36/h4-6,11,14,16,36H,3,7-10H2,1-2H3,(H2,24,29)(H,25,30)(H,26,35)(H,33,34)/t11-,14?,16-/m1/s1. The molecule has 2 aliphatic heterocycles. The molecule has 0 spiro atoms. The van der Waals surface area contributed by atoms with E-state index in [1.165, 1.54) is 24.0 Å². The molecule has 1 unspecified atom stereocenters. The van der Waals surface area contributed by atoms with Crippen LogP contribution in [0.15, 0.2) is 18.2 Å². The van der Waals surface area contributed by atoms with Crippen LogP contribution in [-0.2, 0) is 30.3 Å². The van der Waals surface area contributed by atoms with E-state index in [0.717, 1.165) is 0 Å². The SMILES string of the molecule is CCN1CCN(C(=O)N[C@@H](C(=O)NC2Cc3cccc(C(=O)O)c3OB2O)[C@@H](C)OCC(N)=O)C(=O)C1=O. The number of fused-ring (bicyclic) bond motifs is 1. The number of nitrogens with zero attached hydrogens (tertiary/aromatic N) is 2. The maximum atomic E-state index is 13.2. The van der Waals surface area contributed by atoms with Gasteiger partial charge in [0.15, 0.2) is 0 Å². The van der Waals surface area contributed by atoms with Crippen molar-refractivity contribution in [3.8, 4) is 5.75 Å². The van der Waals surface area contributed by atoms with Gasteiger partial charge in [-0.15, -0.1) is 0 Å². The first kappa shape index (κ1) is 28.4. The number of primary amides is 1. The van der Waals surface area contributed by atoms with Crippen LogP contribution in [0, 0.1) is 0 Å². The smallest absolute Gasteiger partial charge is 0.534 e. The van der Waals surface area contributed by atoms with E-state index >= 15 is 0 Å². The fourth-order valence-electron chi connectivity index (χ4n) is 4.08. The first-order valence-corrected chi connectivity index (χ1v) is 11.8. The molecule has 0 aliphatic carbocycles. The molecule has 1 aromatic rings. The normalized spacial score (nSPS) is 18.7. The van der Waals surface area contributed by atoms with Crippen LogP contribution in [0.4, 0.5) is 4.79 Å². The molecule has 16 heteroatoms. The number of likely N-dealkylation sites (N-methyl/N-ethyl adjacent to an activating group) is 1. The second kappa shape index (κ2) is 11.9. The van der Waals surface area contributed by atoms with E-state index in [1.807, 2.05) is 0 Å². The van der Waals surface area contributed by atoms with Crippen LogP contribution in [0.3, 0.4) is 0 Å². The summed E-state index contributed by atoms with van der Waals surface area (Å²) in [6, 6.07) is 1.84. The Bertz CT molecular complexity index is 1150. The molecule has 2 aliphatic rings. The number of nitrogens with one attached hydrogen (secondary N) is 2. The maximum Gasteiger partial charge on any atom is 0.547 e. The number of aromatic carboxylic acids is 1. The molecule has 3 atom stereocenters. The quantitative estimate of drug-likeness (QED) is 0.166. The first-order valence-electron chi connectivity index (χ1n) is 11.8. The lowest BCUT2D eigenvalue weighted by Gasteiger charge is -2.34. The highest BCUT2D eigenvalue weighted by atomic mass is 16.5. The van der Waals surface area contributed by atoms with Crippen molar-refractivity contribution in [3.63, 3.8) is 0 Å². The van der Waals surface area contributed by atoms with E-state index in [1.54, 1.807) is 13.0 Å². The van der Waals surface area contributed by atoms with Crippen molar-refractivity contribution in [1.29, 1.82) is 0 Å². The molecule has 0 saturated carbocycles. The van der Waals surface area contributed by atoms with Gasteiger partial charge in [-0.25, -0.2) is 9.59 Å². The number of para-hydroxylation sites is 1. The zero-order valence-electron chi connectivity index (χ0n) is 20.7. The van der Waals surface area contributed by atoms with Crippen molar-refractivity contribution in [1.82, 2.24) is 20.4 Å². The number of amides is 6. The third kappa shape index (κ3) is 6.20. The minimum absolute atomic E-state index is 0.00742. The molecule has 1 aromatic carbocycles. The third-order valence-corrected chi connectivity index (χ3v) is 6.13. The number of carboxylic acids is 1. The summed E-state index contributed by atoms with van der Waals surface area (Å²) in [6.45, 7) is 2.77. The lowest BCUT2D eigenvalue weighted by Crippen LogP contribution is -2.64. The second-order valence-electron chi connectivity index (χ2n) is 8.68. The number of carboxylic acid groups (broad SMARTS) is 1. The van der Waals surface area contributed by atoms with E-state index in [-0.39, 0.29) is 37.4 Å². The minimum atomic E-state index is -1.63. The number of piperazine rings is 1. The van der Waals surface area contributed by atoms with E-state index in [0.29, 0.717) is 10.5 Å². The number of urea groups is 1. The summed E-state index contributed by atoms with van der Waals surface area (Å²) in [5.41, 5.74) is 5.36. The molecule has 3 rings (SSSR count). The van der Waals surface area contributed by atoms with Crippen LogP contribution < -0.4 is 21.0 Å². The van der Waals surface area contributed by atoms with Gasteiger partial charge in [0, 0.05) is 19.6 Å². The Morgan fingerprint density at radius 3 is 2.58 bits per heavy atom. The summed E-state index contributed by atoms with van der Waals surface area (Å²) in [5, 5.41) is 24.7. The molecule has 1 fully saturated rings. The van der Waals surface area contributed by atoms with Crippen molar-refractivity contribution in [3.05, 3.63) is 29.3 Å². The lowest BCUT2D eigenvalue weighted by atomic mass is 9.72. The van der Waals surface area contributed by atoms with Crippen LogP contribution in [0.1, 0.15) is 29.8 Å². The van der Waals surface area contributed by atoms with Crippen molar-refractivity contribution in [2.45, 2.75) is 38.4 Å². The van der Waals surface area contributed by atoms with Crippen molar-refractivity contribution in [2.24, 2.45) is 5.73 Å². The van der Waals surface area contributed by atoms with Gasteiger partial charge in [-0.05, 0) is 31.9 Å². The predicted octanol–water partition coefficient (Wildman–Crippen LogP) is -2.52. The van der Waals surface area contributed by atoms with E-state index in [2.05, 4.69) is 10.6 Å². The fourth-order valence-corrected chi connectivity index (χ4v) is 4.08. The Balaban J connectivity index is 1.77. The number of ether oxygens (including phenoxy) is 1. The Morgan fingerprint density at radius 2 is 1.95 bits per heavy atom. The number of hydrogen-bond donors (Lipinski definition) is 5. The summed E-state index contributed by atoms with van der Waals surface area (Å²) < 4.78 is 10.6. The van der Waals surface area contributed by atoms with E-state index in [9.17, 15) is 38.9 Å². The zero-order valence-corrected chi connectivity index (χ0v) is 20.7. The van der Waals surface area contributed by atoms with Gasteiger partial charge in [0.1, 0.15) is 18.4 Å². The summed E-state index contributed by atoms with van der Waals surface area (Å²) in [6.07, 6.45) is -1.14. The van der Waals surface area contributed by atoms with Crippen LogP contribution in [-0.4, -0.2) is 107 Å². The summed E-state index contributed by atoms with van der Waals surface area (Å²) in [5.74, 6) is -5.98. The zero-order chi connectivity index (χ0) is 28.1. The van der Waals surface area contributed by atoms with Gasteiger partial charge in [-0.1, -0.05) is 12.1 Å². The Kier molecular flexibility index (Phi) is 8.90. The monoisotopic (exact) mass is 533 g/mol. The van der Waals surface area contributed by atoms with Crippen LogP contribution in [0.25, 0.3) is 0 Å². The van der Waals surface area contributed by atoms with Gasteiger partial charge in [-0.2, -0.15) is 0 Å². The summed E-state index contributed by atoms with van der Waals surface area (Å²) >= 11 is 0. The van der Waals surface area contributed by atoms with Crippen molar-refractivity contribution >= 4 is 42.7 Å². The average Bonchev–Trinajstić information content (AvgIpc) is 2.87. The predicted molar refractivity (Wildman–Crippen MR) is 129 cm³/mol. The molecule has 2 heterocycles. The van der Waals surface area contributed by atoms with Crippen LogP contribution in [0.2, 0.25) is 0 Å². The van der Waals surface area contributed by atoms with E-state index in [4.69, 9.17) is 15.1 Å². The number of nitrogens with two attached hydrogens (primary N) is 1. The van der Waals surface area contributed by atoms with Gasteiger partial charge >= 0.3 is 30.9 Å². The molecular weight excluding hydrogens is 505 g/mol. The van der Waals surface area contributed by atoms with Gasteiger partial charge in [-0.3, -0.25) is 24.1 Å². The molecule has 6 N–H and O–H groups in total. The molecule has 0 aromatic heterocycles. The van der Waals surface area contributed by atoms with Gasteiger partial charge in [0.05, 0.1) is 17.6 Å². The average molecular weight is 533 g/mol. The Hall–Kier alpha value is -4.18. The second-order valence-corrected chi connectivity index (χ2v) is 8.68. The number of carbonyl (C=O) groups excluding carboxylic acids is 5. The fraction of sp³-hybridized carbons (Fsp3) is 0.455. The molecule has 204 valence electrons. The summed E-state index contributed by atoms with van der Waals surface area (Å²) in [7, 11) is -1.63. The molecule has 6 amide bonds. The van der Waals surface area contributed by atoms with Gasteiger partial charge < -0.3 is 40.8 Å². The molecule has 1 saturated heterocycles. The number of hydrogen-bond acceptors (Lipinski definition) is 9. The summed E-state index contributed by atoms with van der Waals surface area (Å²) in [4.78, 5) is 75.3. The highest BCUT2D eigenvalue weighted by Crippen LogP contribution is 2.30. The number of rotatable bonds is 9. The lowest BCUT2D eigenvalue weighted by molar-refractivity contribution is -0.153. The van der Waals surface area contributed by atoms with Gasteiger partial charge in [0.2, 0.25) is 11.8 Å². The van der Waals surface area contributed by atoms with Crippen molar-refractivity contribution < 1.29 is 48.3 Å². The van der Waals surface area contributed by atoms with Gasteiger partial charge in [0.25, 0.3) is 0 Å². The Morgan fingerprint density at radius 1 is 1.24 bits per heavy atom. The molecule has 0 bridgehead atoms. The molecule has 15 nitrogen and oxygen atoms in total. The topological polar surface area (TPSA) is 218 Å². The van der Waals surface area contributed by atoms with Crippen LogP contribution >= 0.6 is 0 Å². The number of carbonyl (C=O) groups is 6. The Labute approximate surface area is 217 Å². The number of imide groups is 1. The van der Waals surface area contributed by atoms with Crippen molar-refractivity contribution in [2.75, 3.05) is 26.2 Å². The number of benzene rings is 1. The first-order chi connectivity index (χ1) is 17.9. The molecular formula is C22H28BN5O10. The third-order valence-electron chi connectivity index (χ3n) is 6.13. The minimum Gasteiger partial charge on any atom is -0.534 e. The highest BCUT2D eigenvalue weighted by molar-refractivity contribution is 6.47. The maximum absolute atomic E-state index is 13.2. The molecule has 0 radical (unpaired) electrons. The molecule has 38 heavy (non-hydrogen) atoms. The van der Waals surface area contributed by atoms with E-state index < -0.39 is 67.4 Å². The largest absolute Gasteiger partial charge is 0.547 e.